The van der Waals surface area contributed by atoms with Crippen molar-refractivity contribution in [3.05, 3.63) is 41.5 Å². The van der Waals surface area contributed by atoms with Crippen molar-refractivity contribution >= 4 is 6.08 Å². The van der Waals surface area contributed by atoms with Gasteiger partial charge in [-0.05, 0) is 63.6 Å². The molecule has 2 heteroatoms. The summed E-state index contributed by atoms with van der Waals surface area (Å²) in [6.45, 7) is 7.09. The van der Waals surface area contributed by atoms with Crippen molar-refractivity contribution in [2.24, 2.45) is 5.92 Å². The minimum atomic E-state index is 0.827. The molecule has 2 aliphatic rings. The highest BCUT2D eigenvalue weighted by molar-refractivity contribution is 5.52. The second-order valence-corrected chi connectivity index (χ2v) is 8.16. The van der Waals surface area contributed by atoms with Crippen LogP contribution in [0.1, 0.15) is 63.9 Å². The van der Waals surface area contributed by atoms with Gasteiger partial charge in [0.05, 0.1) is 0 Å². The fourth-order valence-electron chi connectivity index (χ4n) is 4.60. The van der Waals surface area contributed by atoms with E-state index in [1.54, 1.807) is 0 Å². The van der Waals surface area contributed by atoms with Crippen LogP contribution in [0.15, 0.2) is 35.9 Å². The summed E-state index contributed by atoms with van der Waals surface area (Å²) < 4.78 is 0. The fourth-order valence-corrected chi connectivity index (χ4v) is 4.60. The molecule has 0 spiro atoms. The van der Waals surface area contributed by atoms with Crippen molar-refractivity contribution in [3.63, 3.8) is 0 Å². The zero-order chi connectivity index (χ0) is 17.3. The fraction of sp³-hybridized carbons (Fsp3) is 0.652. The van der Waals surface area contributed by atoms with E-state index in [-0.39, 0.29) is 0 Å². The smallest absolute Gasteiger partial charge is 0.0165 e. The van der Waals surface area contributed by atoms with Crippen LogP contribution in [0.25, 0.3) is 6.08 Å². The molecule has 1 heterocycles. The predicted octanol–water partition coefficient (Wildman–Crippen LogP) is 5.11. The minimum absolute atomic E-state index is 0.827. The summed E-state index contributed by atoms with van der Waals surface area (Å²) >= 11 is 0. The van der Waals surface area contributed by atoms with E-state index in [1.807, 2.05) is 0 Å². The molecule has 0 aromatic heterocycles. The molecule has 0 amide bonds. The summed E-state index contributed by atoms with van der Waals surface area (Å²) in [6, 6.07) is 11.5. The van der Waals surface area contributed by atoms with Crippen molar-refractivity contribution in [1.82, 2.24) is 10.2 Å². The van der Waals surface area contributed by atoms with Gasteiger partial charge in [0.25, 0.3) is 0 Å². The first-order valence-electron chi connectivity index (χ1n) is 10.5. The Balaban J connectivity index is 1.35. The zero-order valence-corrected chi connectivity index (χ0v) is 16.1. The van der Waals surface area contributed by atoms with Crippen LogP contribution in [0.5, 0.6) is 0 Å². The van der Waals surface area contributed by atoms with Gasteiger partial charge in [-0.15, -0.1) is 0 Å². The summed E-state index contributed by atoms with van der Waals surface area (Å²) in [6.07, 6.45) is 13.8. The van der Waals surface area contributed by atoms with Crippen LogP contribution >= 0.6 is 0 Å². The second kappa shape index (κ2) is 10.1. The number of benzene rings is 1. The normalized spacial score (nSPS) is 23.2. The Bertz CT molecular complexity index is 516. The van der Waals surface area contributed by atoms with Gasteiger partial charge in [-0.2, -0.15) is 0 Å². The Hall–Kier alpha value is -1.12. The van der Waals surface area contributed by atoms with E-state index in [0.29, 0.717) is 0 Å². The lowest BCUT2D eigenvalue weighted by Gasteiger charge is -2.31. The Labute approximate surface area is 154 Å². The van der Waals surface area contributed by atoms with Gasteiger partial charge in [0.1, 0.15) is 0 Å². The molecule has 138 valence electrons. The molecule has 2 nitrogen and oxygen atoms in total. The molecule has 0 radical (unpaired) electrons. The first-order valence-corrected chi connectivity index (χ1v) is 10.5. The maximum Gasteiger partial charge on any atom is 0.0165 e. The molecular weight excluding hydrogens is 304 g/mol. The number of nitrogens with one attached hydrogen (secondary N) is 1. The van der Waals surface area contributed by atoms with Gasteiger partial charge in [-0.1, -0.05) is 61.2 Å². The van der Waals surface area contributed by atoms with Crippen LogP contribution in [0, 0.1) is 5.92 Å². The van der Waals surface area contributed by atoms with Crippen LogP contribution in [0.4, 0.5) is 0 Å². The van der Waals surface area contributed by atoms with E-state index in [2.05, 4.69) is 53.5 Å². The van der Waals surface area contributed by atoms with Crippen LogP contribution in [-0.2, 0) is 0 Å². The van der Waals surface area contributed by atoms with E-state index in [9.17, 15) is 0 Å². The molecule has 1 atom stereocenters. The van der Waals surface area contributed by atoms with Crippen LogP contribution in [-0.4, -0.2) is 37.1 Å². The van der Waals surface area contributed by atoms with Crippen LogP contribution in [0.3, 0.4) is 0 Å². The third-order valence-corrected chi connectivity index (χ3v) is 5.99. The largest absolute Gasteiger partial charge is 0.313 e. The topological polar surface area (TPSA) is 15.3 Å². The van der Waals surface area contributed by atoms with Crippen molar-refractivity contribution in [2.75, 3.05) is 26.2 Å². The maximum atomic E-state index is 3.66. The van der Waals surface area contributed by atoms with Crippen LogP contribution in [0.2, 0.25) is 0 Å². The van der Waals surface area contributed by atoms with Crippen LogP contribution < -0.4 is 5.32 Å². The van der Waals surface area contributed by atoms with Gasteiger partial charge in [-0.3, -0.25) is 0 Å². The number of hydrogen-bond donors (Lipinski definition) is 1. The Kier molecular flexibility index (Phi) is 7.56. The molecule has 1 aromatic rings. The number of likely N-dealkylation sites (tertiary alicyclic amines) is 1. The molecule has 3 rings (SSSR count). The molecule has 2 fully saturated rings. The predicted molar refractivity (Wildman–Crippen MR) is 109 cm³/mol. The number of rotatable bonds is 8. The quantitative estimate of drug-likeness (QED) is 0.661. The molecule has 1 unspecified atom stereocenters. The molecular formula is C23H36N2. The van der Waals surface area contributed by atoms with Crippen molar-refractivity contribution < 1.29 is 0 Å². The summed E-state index contributed by atoms with van der Waals surface area (Å²) in [4.78, 5) is 2.81. The Morgan fingerprint density at radius 1 is 1.08 bits per heavy atom. The number of nitrogens with zero attached hydrogens (tertiary/aromatic N) is 1. The summed E-state index contributed by atoms with van der Waals surface area (Å²) in [7, 11) is 0. The van der Waals surface area contributed by atoms with E-state index in [4.69, 9.17) is 0 Å². The molecule has 0 bridgehead atoms. The van der Waals surface area contributed by atoms with Gasteiger partial charge >= 0.3 is 0 Å². The highest BCUT2D eigenvalue weighted by atomic mass is 15.2. The lowest BCUT2D eigenvalue weighted by Crippen LogP contribution is -2.36. The lowest BCUT2D eigenvalue weighted by atomic mass is 9.89. The van der Waals surface area contributed by atoms with Gasteiger partial charge in [-0.25, -0.2) is 0 Å². The Morgan fingerprint density at radius 2 is 1.88 bits per heavy atom. The molecule has 1 saturated heterocycles. The highest BCUT2D eigenvalue weighted by Crippen LogP contribution is 2.28. The van der Waals surface area contributed by atoms with Crippen molar-refractivity contribution in [3.8, 4) is 0 Å². The number of hydrogen-bond acceptors (Lipinski definition) is 2. The van der Waals surface area contributed by atoms with E-state index >= 15 is 0 Å². The molecule has 1 aromatic carbocycles. The SMILES string of the molecule is CC(=Cc1ccccc1)CNCCC1CCCN1CC1CCCCC1. The average Bonchev–Trinajstić information content (AvgIpc) is 3.07. The average molecular weight is 341 g/mol. The molecule has 1 saturated carbocycles. The summed E-state index contributed by atoms with van der Waals surface area (Å²) in [5, 5.41) is 3.66. The molecule has 25 heavy (non-hydrogen) atoms. The molecule has 1 aliphatic carbocycles. The first kappa shape index (κ1) is 18.7. The summed E-state index contributed by atoms with van der Waals surface area (Å²) in [5.74, 6) is 0.985. The third kappa shape index (κ3) is 6.27. The van der Waals surface area contributed by atoms with Crippen molar-refractivity contribution in [1.29, 1.82) is 0 Å². The van der Waals surface area contributed by atoms with E-state index in [0.717, 1.165) is 25.0 Å². The van der Waals surface area contributed by atoms with Gasteiger partial charge < -0.3 is 10.2 Å². The maximum absolute atomic E-state index is 3.66. The zero-order valence-electron chi connectivity index (χ0n) is 16.1. The molecule has 1 N–H and O–H groups in total. The standard InChI is InChI=1S/C23H36N2/c1-20(17-21-9-4-2-5-10-21)18-24-15-14-23-13-8-16-25(23)19-22-11-6-3-7-12-22/h2,4-5,9-10,17,22-24H,3,6-8,11-16,18-19H2,1H3. The van der Waals surface area contributed by atoms with Gasteiger partial charge in [0, 0.05) is 19.1 Å². The lowest BCUT2D eigenvalue weighted by molar-refractivity contribution is 0.181. The van der Waals surface area contributed by atoms with Crippen molar-refractivity contribution in [2.45, 2.75) is 64.3 Å². The monoisotopic (exact) mass is 340 g/mol. The first-order chi connectivity index (χ1) is 12.3. The third-order valence-electron chi connectivity index (χ3n) is 5.99. The Morgan fingerprint density at radius 3 is 2.68 bits per heavy atom. The van der Waals surface area contributed by atoms with E-state index in [1.165, 1.54) is 75.6 Å². The second-order valence-electron chi connectivity index (χ2n) is 8.16. The summed E-state index contributed by atoms with van der Waals surface area (Å²) in [5.41, 5.74) is 2.72. The van der Waals surface area contributed by atoms with E-state index < -0.39 is 0 Å². The van der Waals surface area contributed by atoms with Gasteiger partial charge in [0.2, 0.25) is 0 Å². The van der Waals surface area contributed by atoms with Gasteiger partial charge in [0.15, 0.2) is 0 Å². The minimum Gasteiger partial charge on any atom is -0.313 e. The highest BCUT2D eigenvalue weighted by Gasteiger charge is 2.26. The molecule has 1 aliphatic heterocycles.